The average Bonchev–Trinajstić information content (AvgIpc) is 3.25. The standard InChI is InChI=1S/C42H79N15O11/c1-6-7-12-25(38(66)57-30(21-23(2)3)34(62)51-22-32(60)61)52-35(63)26(13-8-9-18-43)53-39(67)29(16-17-31(58)59)55-36(64)27(14-10-19-49-41(45)46)54-37(65)28(15-11-20-50-42(47)48)56-40(68)33(44)24(4)5/h23-30,33H,6-22,43-44H2,1-5H3,(H,51,62)(H,52,63)(H,53,67)(H,54,65)(H,55,64)(H,56,68)(H,57,66)(H,58,59)(H,60,61)(H4,45,46,49)(H4,47,48,50)/t25-,26-,27-,28-,29-,30-,33-/m0/s1. The van der Waals surface area contributed by atoms with E-state index in [1.807, 2.05) is 6.92 Å². The fourth-order valence-corrected chi connectivity index (χ4v) is 6.44. The SMILES string of the molecule is CCCC[C@H](NC(=O)[C@H](CCCCN)NC(=O)[C@H](CCC(=O)O)NC(=O)[C@H](CCCN=C(N)N)NC(=O)[C@H](CCCN=C(N)N)NC(=O)[C@@H](N)C(C)C)C(=O)N[C@@H](CC(C)C)C(=O)NCC(=O)O. The van der Waals surface area contributed by atoms with Gasteiger partial charge >= 0.3 is 11.9 Å². The quantitative estimate of drug-likeness (QED) is 0.0164. The third-order valence-electron chi connectivity index (χ3n) is 10.3. The molecule has 0 aliphatic carbocycles. The Morgan fingerprint density at radius 3 is 1.24 bits per heavy atom. The zero-order chi connectivity index (χ0) is 51.9. The number of nitrogens with zero attached hydrogens (tertiary/aromatic N) is 2. The van der Waals surface area contributed by atoms with E-state index in [0.29, 0.717) is 25.7 Å². The highest BCUT2D eigenvalue weighted by atomic mass is 16.4. The Bertz CT molecular complexity index is 1710. The monoisotopic (exact) mass is 970 g/mol. The van der Waals surface area contributed by atoms with Gasteiger partial charge in [-0.15, -0.1) is 0 Å². The molecular weight excluding hydrogens is 891 g/mol. The minimum Gasteiger partial charge on any atom is -0.481 e. The summed E-state index contributed by atoms with van der Waals surface area (Å²) in [5.41, 5.74) is 33.5. The Kier molecular flexibility index (Phi) is 30.9. The molecule has 0 rings (SSSR count). The van der Waals surface area contributed by atoms with Crippen molar-refractivity contribution >= 4 is 65.2 Å². The van der Waals surface area contributed by atoms with Crippen LogP contribution < -0.4 is 71.6 Å². The normalized spacial score (nSPS) is 14.1. The number of rotatable bonds is 36. The molecular formula is C42H79N15O11. The molecule has 0 aliphatic rings. The molecule has 0 unspecified atom stereocenters. The predicted molar refractivity (Wildman–Crippen MR) is 254 cm³/mol. The number of hydrogen-bond acceptors (Lipinski definition) is 13. The maximum Gasteiger partial charge on any atom is 0.322 e. The van der Waals surface area contributed by atoms with E-state index < -0.39 is 115 Å². The van der Waals surface area contributed by atoms with Gasteiger partial charge in [0.1, 0.15) is 42.8 Å². The Labute approximate surface area is 397 Å². The van der Waals surface area contributed by atoms with Crippen molar-refractivity contribution in [2.75, 3.05) is 26.2 Å². The smallest absolute Gasteiger partial charge is 0.322 e. The largest absolute Gasteiger partial charge is 0.481 e. The van der Waals surface area contributed by atoms with Crippen molar-refractivity contribution in [2.45, 2.75) is 160 Å². The summed E-state index contributed by atoms with van der Waals surface area (Å²) in [7, 11) is 0. The van der Waals surface area contributed by atoms with Gasteiger partial charge in [0.05, 0.1) is 6.04 Å². The number of aliphatic imine (C=N–C) groups is 2. The van der Waals surface area contributed by atoms with Gasteiger partial charge in [0, 0.05) is 19.5 Å². The molecule has 68 heavy (non-hydrogen) atoms. The number of unbranched alkanes of at least 4 members (excludes halogenated alkanes) is 2. The number of aliphatic carboxylic acids is 2. The van der Waals surface area contributed by atoms with Gasteiger partial charge in [-0.1, -0.05) is 47.5 Å². The zero-order valence-electron chi connectivity index (χ0n) is 40.1. The second-order valence-electron chi connectivity index (χ2n) is 17.1. The first kappa shape index (κ1) is 61.7. The summed E-state index contributed by atoms with van der Waals surface area (Å²) in [6, 6.07) is -8.87. The van der Waals surface area contributed by atoms with Crippen LogP contribution in [0.2, 0.25) is 0 Å². The summed E-state index contributed by atoms with van der Waals surface area (Å²) in [5, 5.41) is 36.5. The van der Waals surface area contributed by atoms with Crippen molar-refractivity contribution in [3.05, 3.63) is 0 Å². The van der Waals surface area contributed by atoms with Crippen LogP contribution >= 0.6 is 0 Å². The van der Waals surface area contributed by atoms with E-state index in [0.717, 1.165) is 0 Å². The van der Waals surface area contributed by atoms with Crippen LogP contribution in [0.25, 0.3) is 0 Å². The van der Waals surface area contributed by atoms with Gasteiger partial charge in [0.15, 0.2) is 11.9 Å². The summed E-state index contributed by atoms with van der Waals surface area (Å²) in [5.74, 6) is -9.01. The number of nitrogens with two attached hydrogens (primary N) is 6. The molecule has 0 saturated carbocycles. The Morgan fingerprint density at radius 1 is 0.500 bits per heavy atom. The molecule has 0 fully saturated rings. The van der Waals surface area contributed by atoms with E-state index in [-0.39, 0.29) is 88.3 Å². The van der Waals surface area contributed by atoms with Gasteiger partial charge in [-0.25, -0.2) is 0 Å². The average molecular weight is 970 g/mol. The van der Waals surface area contributed by atoms with Crippen molar-refractivity contribution < 1.29 is 53.4 Å². The van der Waals surface area contributed by atoms with E-state index >= 15 is 0 Å². The van der Waals surface area contributed by atoms with E-state index in [2.05, 4.69) is 47.2 Å². The van der Waals surface area contributed by atoms with Crippen LogP contribution in [0.15, 0.2) is 9.98 Å². The second-order valence-corrected chi connectivity index (χ2v) is 17.1. The van der Waals surface area contributed by atoms with Crippen LogP contribution in [0, 0.1) is 11.8 Å². The van der Waals surface area contributed by atoms with Crippen molar-refractivity contribution in [3.8, 4) is 0 Å². The van der Waals surface area contributed by atoms with Gasteiger partial charge in [0.2, 0.25) is 41.4 Å². The third-order valence-corrected chi connectivity index (χ3v) is 10.3. The van der Waals surface area contributed by atoms with Gasteiger partial charge in [-0.3, -0.25) is 53.1 Å². The minimum atomic E-state index is -1.58. The van der Waals surface area contributed by atoms with E-state index in [1.165, 1.54) is 0 Å². The highest BCUT2D eigenvalue weighted by molar-refractivity contribution is 5.97. The number of carboxylic acid groups (broad SMARTS) is 2. The Morgan fingerprint density at radius 2 is 0.882 bits per heavy atom. The number of nitrogens with one attached hydrogen (secondary N) is 7. The lowest BCUT2D eigenvalue weighted by Crippen LogP contribution is -2.60. The van der Waals surface area contributed by atoms with Crippen LogP contribution in [0.4, 0.5) is 0 Å². The van der Waals surface area contributed by atoms with E-state index in [4.69, 9.17) is 39.5 Å². The van der Waals surface area contributed by atoms with E-state index in [9.17, 15) is 48.3 Å². The number of guanidine groups is 2. The fraction of sp³-hybridized carbons (Fsp3) is 0.738. The number of carbonyl (C=O) groups is 9. The van der Waals surface area contributed by atoms with Crippen LogP contribution in [0.1, 0.15) is 118 Å². The first-order valence-electron chi connectivity index (χ1n) is 23.0. The first-order valence-corrected chi connectivity index (χ1v) is 23.0. The topological polar surface area (TPSA) is 459 Å². The molecule has 7 atom stereocenters. The van der Waals surface area contributed by atoms with Crippen LogP contribution in [0.5, 0.6) is 0 Å². The lowest BCUT2D eigenvalue weighted by molar-refractivity contribution is -0.139. The molecule has 0 aromatic carbocycles. The maximum absolute atomic E-state index is 14.1. The van der Waals surface area contributed by atoms with Gasteiger partial charge in [0.25, 0.3) is 0 Å². The Balaban J connectivity index is 6.80. The van der Waals surface area contributed by atoms with Crippen molar-refractivity contribution in [2.24, 2.45) is 56.2 Å². The summed E-state index contributed by atoms with van der Waals surface area (Å²) in [6.45, 7) is 8.58. The molecule has 0 aromatic rings. The van der Waals surface area contributed by atoms with Gasteiger partial charge < -0.3 is 81.8 Å². The fourth-order valence-electron chi connectivity index (χ4n) is 6.44. The Hall–Kier alpha value is -6.31. The molecule has 21 N–H and O–H groups in total. The van der Waals surface area contributed by atoms with Crippen LogP contribution in [0.3, 0.4) is 0 Å². The summed E-state index contributed by atoms with van der Waals surface area (Å²) >= 11 is 0. The second kappa shape index (κ2) is 34.0. The molecule has 26 nitrogen and oxygen atoms in total. The molecule has 0 spiro atoms. The number of carbonyl (C=O) groups excluding carboxylic acids is 7. The molecule has 0 radical (unpaired) electrons. The highest BCUT2D eigenvalue weighted by Crippen LogP contribution is 2.11. The molecule has 0 bridgehead atoms. The third kappa shape index (κ3) is 27.4. The summed E-state index contributed by atoms with van der Waals surface area (Å²) < 4.78 is 0. The molecule has 26 heteroatoms. The number of hydrogen-bond donors (Lipinski definition) is 15. The molecule has 0 saturated heterocycles. The molecule has 7 amide bonds. The summed E-state index contributed by atoms with van der Waals surface area (Å²) in [6.07, 6.45) is 1.31. The molecule has 388 valence electrons. The van der Waals surface area contributed by atoms with E-state index in [1.54, 1.807) is 27.7 Å². The lowest BCUT2D eigenvalue weighted by atomic mass is 10.0. The number of carboxylic acids is 2. The molecule has 0 aromatic heterocycles. The lowest BCUT2D eigenvalue weighted by Gasteiger charge is -2.28. The van der Waals surface area contributed by atoms with Crippen molar-refractivity contribution in [3.63, 3.8) is 0 Å². The predicted octanol–water partition coefficient (Wildman–Crippen LogP) is -3.58. The van der Waals surface area contributed by atoms with Gasteiger partial charge in [-0.05, 0) is 82.6 Å². The van der Waals surface area contributed by atoms with Crippen LogP contribution in [-0.2, 0) is 43.2 Å². The molecule has 0 aliphatic heterocycles. The molecule has 0 heterocycles. The first-order chi connectivity index (χ1) is 31.9. The minimum absolute atomic E-state index is 0.00426. The van der Waals surface area contributed by atoms with Crippen LogP contribution in [-0.4, -0.2) is 144 Å². The highest BCUT2D eigenvalue weighted by Gasteiger charge is 2.34. The van der Waals surface area contributed by atoms with Crippen molar-refractivity contribution in [1.82, 2.24) is 37.2 Å². The zero-order valence-corrected chi connectivity index (χ0v) is 40.1. The maximum atomic E-state index is 14.1. The number of amides is 7. The van der Waals surface area contributed by atoms with Crippen molar-refractivity contribution in [1.29, 1.82) is 0 Å². The van der Waals surface area contributed by atoms with Gasteiger partial charge in [-0.2, -0.15) is 0 Å². The summed E-state index contributed by atoms with van der Waals surface area (Å²) in [4.78, 5) is 126.